The standard InChI is InChI=1S/C18H23F2IN3O3/c1-18(13-2-3-13)10-12-8-15(24(26)21-25)14(9-16(12)27-18)23-6-4-22(5-7-23)11-17(19)20/h8-9,13,17H,2-7,10-11H2,1H3/q-1. The quantitative estimate of drug-likeness (QED) is 0.342. The Labute approximate surface area is 168 Å². The van der Waals surface area contributed by atoms with Crippen molar-refractivity contribution < 1.29 is 16.6 Å². The number of halogens is 3. The predicted molar refractivity (Wildman–Crippen MR) is 107 cm³/mol. The number of nitrogens with zero attached hydrogens (tertiary/aromatic N) is 3. The molecule has 0 amide bonds. The van der Waals surface area contributed by atoms with Crippen LogP contribution in [0.2, 0.25) is 0 Å². The number of rotatable bonds is 6. The topological polar surface area (TPSA) is 59.1 Å². The van der Waals surface area contributed by atoms with E-state index in [9.17, 15) is 17.1 Å². The van der Waals surface area contributed by atoms with Crippen LogP contribution in [0, 0.1) is 11.1 Å². The summed E-state index contributed by atoms with van der Waals surface area (Å²) in [7, 11) is 0. The molecule has 2 fully saturated rings. The van der Waals surface area contributed by atoms with Crippen LogP contribution in [0.4, 0.5) is 20.2 Å². The first-order valence-electron chi connectivity index (χ1n) is 9.25. The van der Waals surface area contributed by atoms with Crippen LogP contribution in [0.25, 0.3) is 0 Å². The Bertz CT molecular complexity index is 726. The number of hydrogen-bond acceptors (Lipinski definition) is 5. The normalized spacial score (nSPS) is 25.6. The van der Waals surface area contributed by atoms with E-state index in [2.05, 4.69) is 6.92 Å². The molecule has 1 atom stereocenters. The van der Waals surface area contributed by atoms with E-state index < -0.39 is 27.9 Å². The molecule has 150 valence electrons. The number of benzene rings is 1. The zero-order valence-corrected chi connectivity index (χ0v) is 17.3. The Morgan fingerprint density at radius 3 is 2.63 bits per heavy atom. The highest BCUT2D eigenvalue weighted by Crippen LogP contribution is 2.51. The molecule has 9 heteroatoms. The summed E-state index contributed by atoms with van der Waals surface area (Å²) >= 11 is -1.88. The Kier molecular flexibility index (Phi) is 5.28. The molecular weight excluding hydrogens is 471 g/mol. The van der Waals surface area contributed by atoms with E-state index in [1.165, 1.54) is 0 Å². The predicted octanol–water partition coefficient (Wildman–Crippen LogP) is 3.71. The van der Waals surface area contributed by atoms with Crippen LogP contribution in [0.3, 0.4) is 0 Å². The van der Waals surface area contributed by atoms with Gasteiger partial charge >= 0.3 is 0 Å². The third-order valence-electron chi connectivity index (χ3n) is 5.84. The lowest BCUT2D eigenvalue weighted by atomic mass is 9.94. The zero-order valence-electron chi connectivity index (χ0n) is 15.2. The molecule has 0 bridgehead atoms. The van der Waals surface area contributed by atoms with Crippen molar-refractivity contribution in [1.29, 1.82) is 0 Å². The molecule has 1 saturated heterocycles. The number of fused-ring (bicyclic) bond motifs is 1. The van der Waals surface area contributed by atoms with Gasteiger partial charge in [-0.25, -0.2) is 11.8 Å². The van der Waals surface area contributed by atoms with Gasteiger partial charge in [-0.15, -0.1) is 0 Å². The molecule has 0 radical (unpaired) electrons. The molecule has 1 unspecified atom stereocenters. The molecule has 2 heterocycles. The van der Waals surface area contributed by atoms with Crippen LogP contribution >= 0.6 is 21.5 Å². The second kappa shape index (κ2) is 7.40. The lowest BCUT2D eigenvalue weighted by Gasteiger charge is -2.38. The Balaban J connectivity index is 1.58. The van der Waals surface area contributed by atoms with Gasteiger partial charge in [0, 0.05) is 44.2 Å². The second-order valence-corrected chi connectivity index (χ2v) is 9.08. The number of hydrogen-bond donors (Lipinski definition) is 0. The first-order chi connectivity index (χ1) is 12.9. The molecule has 6 nitrogen and oxygen atoms in total. The zero-order chi connectivity index (χ0) is 19.2. The van der Waals surface area contributed by atoms with Gasteiger partial charge in [-0.1, -0.05) is 0 Å². The summed E-state index contributed by atoms with van der Waals surface area (Å²) in [5.41, 5.74) is 1.85. The van der Waals surface area contributed by atoms with Crippen LogP contribution in [0.15, 0.2) is 12.1 Å². The minimum atomic E-state index is -2.34. The van der Waals surface area contributed by atoms with Crippen molar-refractivity contribution in [3.8, 4) is 5.75 Å². The van der Waals surface area contributed by atoms with Crippen molar-refractivity contribution in [1.82, 2.24) is 4.90 Å². The van der Waals surface area contributed by atoms with E-state index in [1.54, 1.807) is 4.90 Å². The van der Waals surface area contributed by atoms with Crippen molar-refractivity contribution in [2.45, 2.75) is 38.2 Å². The van der Waals surface area contributed by atoms with Crippen molar-refractivity contribution in [3.05, 3.63) is 22.9 Å². The highest BCUT2D eigenvalue weighted by Gasteiger charge is 2.47. The highest BCUT2D eigenvalue weighted by molar-refractivity contribution is 14.1. The third-order valence-corrected chi connectivity index (χ3v) is 6.72. The molecule has 2 aliphatic heterocycles. The fourth-order valence-corrected chi connectivity index (χ4v) is 4.82. The van der Waals surface area contributed by atoms with Crippen molar-refractivity contribution in [2.75, 3.05) is 40.9 Å². The van der Waals surface area contributed by atoms with E-state index in [0.29, 0.717) is 46.7 Å². The summed E-state index contributed by atoms with van der Waals surface area (Å²) in [6.45, 7) is 3.99. The molecule has 1 aromatic carbocycles. The molecular formula is C18H23F2IN3O3-. The SMILES string of the molecule is CC1(C2CC2)Cc2cc(N([O-])I=O)c(N3CCN(CC(F)F)CC3)cc2O1. The first kappa shape index (κ1) is 19.3. The van der Waals surface area contributed by atoms with Gasteiger partial charge in [0.25, 0.3) is 27.9 Å². The molecule has 1 aliphatic carbocycles. The summed E-state index contributed by atoms with van der Waals surface area (Å²) in [5.74, 6) is 1.33. The van der Waals surface area contributed by atoms with Crippen LogP contribution in [0.1, 0.15) is 25.3 Å². The molecule has 3 aliphatic rings. The van der Waals surface area contributed by atoms with Crippen LogP contribution in [-0.4, -0.2) is 49.7 Å². The Morgan fingerprint density at radius 1 is 1.33 bits per heavy atom. The van der Waals surface area contributed by atoms with Gasteiger partial charge in [0.05, 0.1) is 17.9 Å². The summed E-state index contributed by atoms with van der Waals surface area (Å²) in [6, 6.07) is 3.69. The number of piperazine rings is 1. The Hall–Kier alpha value is -1.07. The molecule has 1 aromatic rings. The largest absolute Gasteiger partial charge is 0.747 e. The van der Waals surface area contributed by atoms with Crippen LogP contribution in [0.5, 0.6) is 5.75 Å². The van der Waals surface area contributed by atoms with Crippen LogP contribution in [-0.2, 0) is 9.49 Å². The van der Waals surface area contributed by atoms with Crippen LogP contribution < -0.4 is 12.9 Å². The lowest BCUT2D eigenvalue weighted by molar-refractivity contribution is 0.0854. The van der Waals surface area contributed by atoms with Gasteiger partial charge in [0.2, 0.25) is 0 Å². The molecule has 0 spiro atoms. The smallest absolute Gasteiger partial charge is 0.262 e. The maximum Gasteiger partial charge on any atom is 0.262 e. The summed E-state index contributed by atoms with van der Waals surface area (Å²) in [4.78, 5) is 3.74. The van der Waals surface area contributed by atoms with E-state index in [0.717, 1.165) is 30.6 Å². The van der Waals surface area contributed by atoms with Gasteiger partial charge in [0.15, 0.2) is 0 Å². The van der Waals surface area contributed by atoms with E-state index in [1.807, 2.05) is 17.0 Å². The minimum absolute atomic E-state index is 0.228. The summed E-state index contributed by atoms with van der Waals surface area (Å²) < 4.78 is 43.4. The van der Waals surface area contributed by atoms with Crippen molar-refractivity contribution in [2.24, 2.45) is 5.92 Å². The van der Waals surface area contributed by atoms with Gasteiger partial charge in [-0.3, -0.25) is 4.90 Å². The average Bonchev–Trinajstić information content (AvgIpc) is 3.44. The van der Waals surface area contributed by atoms with Gasteiger partial charge in [-0.05, 0) is 31.7 Å². The second-order valence-electron chi connectivity index (χ2n) is 7.81. The average molecular weight is 494 g/mol. The minimum Gasteiger partial charge on any atom is -0.747 e. The van der Waals surface area contributed by atoms with E-state index in [-0.39, 0.29) is 12.1 Å². The highest BCUT2D eigenvalue weighted by atomic mass is 127. The van der Waals surface area contributed by atoms with E-state index >= 15 is 0 Å². The number of ether oxygens (including phenoxy) is 1. The van der Waals surface area contributed by atoms with Crippen molar-refractivity contribution >= 4 is 32.8 Å². The summed E-state index contributed by atoms with van der Waals surface area (Å²) in [5, 5.41) is 12.3. The maximum atomic E-state index is 12.6. The maximum absolute atomic E-state index is 12.6. The monoisotopic (exact) mass is 494 g/mol. The fourth-order valence-electron chi connectivity index (χ4n) is 4.22. The molecule has 0 N–H and O–H groups in total. The molecule has 1 saturated carbocycles. The van der Waals surface area contributed by atoms with Gasteiger partial charge < -0.3 is 18.1 Å². The first-order valence-corrected chi connectivity index (χ1v) is 11.1. The molecule has 4 rings (SSSR count). The summed E-state index contributed by atoms with van der Waals surface area (Å²) in [6.07, 6.45) is 0.738. The van der Waals surface area contributed by atoms with Crippen molar-refractivity contribution in [3.63, 3.8) is 0 Å². The fraction of sp³-hybridized carbons (Fsp3) is 0.667. The van der Waals surface area contributed by atoms with Gasteiger partial charge in [0.1, 0.15) is 11.4 Å². The Morgan fingerprint density at radius 2 is 2.04 bits per heavy atom. The van der Waals surface area contributed by atoms with E-state index in [4.69, 9.17) is 4.74 Å². The third kappa shape index (κ3) is 3.91. The molecule has 0 aromatic heterocycles. The number of alkyl halides is 2. The molecule has 27 heavy (non-hydrogen) atoms. The number of anilines is 2. The van der Waals surface area contributed by atoms with Gasteiger partial charge in [-0.2, -0.15) is 0 Å². The lowest BCUT2D eigenvalue weighted by Crippen LogP contribution is -2.48.